The Labute approximate surface area is 163 Å². The fraction of sp³-hybridized carbons (Fsp3) is 0.100. The fourth-order valence-corrected chi connectivity index (χ4v) is 4.10. The summed E-state index contributed by atoms with van der Waals surface area (Å²) >= 11 is 2.89. The fourth-order valence-electron chi connectivity index (χ4n) is 2.55. The first kappa shape index (κ1) is 17.5. The summed E-state index contributed by atoms with van der Waals surface area (Å²) in [6.07, 6.45) is 3.19. The summed E-state index contributed by atoms with van der Waals surface area (Å²) in [7, 11) is 0. The molecule has 0 saturated carbocycles. The maximum Gasteiger partial charge on any atom is 0.244 e. The van der Waals surface area contributed by atoms with Gasteiger partial charge in [0.15, 0.2) is 11.5 Å². The second kappa shape index (κ2) is 7.77. The van der Waals surface area contributed by atoms with Gasteiger partial charge in [0.05, 0.1) is 11.4 Å². The number of ketones is 1. The minimum absolute atomic E-state index is 0.0153. The molecular weight excluding hydrogens is 382 g/mol. The van der Waals surface area contributed by atoms with Crippen LogP contribution in [-0.2, 0) is 11.3 Å². The Hall–Kier alpha value is -2.90. The number of carbonyl (C=O) groups excluding carboxylic acids is 2. The van der Waals surface area contributed by atoms with Gasteiger partial charge in [-0.1, -0.05) is 6.07 Å². The van der Waals surface area contributed by atoms with Crippen LogP contribution in [0, 0.1) is 0 Å². The first-order chi connectivity index (χ1) is 13.2. The molecule has 136 valence electrons. The predicted molar refractivity (Wildman–Crippen MR) is 106 cm³/mol. The van der Waals surface area contributed by atoms with Gasteiger partial charge in [0.25, 0.3) is 0 Å². The minimum Gasteiger partial charge on any atom is -0.454 e. The van der Waals surface area contributed by atoms with E-state index >= 15 is 0 Å². The monoisotopic (exact) mass is 397 g/mol. The van der Waals surface area contributed by atoms with E-state index in [1.807, 2.05) is 41.1 Å². The van der Waals surface area contributed by atoms with Crippen LogP contribution in [0.25, 0.3) is 6.08 Å². The molecule has 1 amide bonds. The van der Waals surface area contributed by atoms with Crippen molar-refractivity contribution < 1.29 is 19.1 Å². The molecule has 0 unspecified atom stereocenters. The highest BCUT2D eigenvalue weighted by atomic mass is 32.1. The number of benzene rings is 1. The molecule has 0 atom stereocenters. The lowest BCUT2D eigenvalue weighted by Crippen LogP contribution is -2.19. The number of carbonyl (C=O) groups is 2. The summed E-state index contributed by atoms with van der Waals surface area (Å²) in [6.45, 7) is 0.604. The molecule has 3 aromatic rings. The van der Waals surface area contributed by atoms with E-state index < -0.39 is 0 Å². The molecular formula is C20H15NO4S2. The van der Waals surface area contributed by atoms with E-state index in [9.17, 15) is 9.59 Å². The van der Waals surface area contributed by atoms with Crippen molar-refractivity contribution in [3.05, 3.63) is 74.1 Å². The zero-order chi connectivity index (χ0) is 18.6. The number of nitrogens with one attached hydrogen (secondary N) is 1. The Morgan fingerprint density at radius 1 is 1.11 bits per heavy atom. The maximum atomic E-state index is 12.3. The smallest absolute Gasteiger partial charge is 0.244 e. The molecule has 4 rings (SSSR count). The van der Waals surface area contributed by atoms with E-state index in [1.54, 1.807) is 12.1 Å². The van der Waals surface area contributed by atoms with Crippen LogP contribution in [-0.4, -0.2) is 18.5 Å². The highest BCUT2D eigenvalue weighted by Gasteiger charge is 2.13. The van der Waals surface area contributed by atoms with Gasteiger partial charge in [-0.25, -0.2) is 0 Å². The zero-order valence-corrected chi connectivity index (χ0v) is 15.8. The Bertz CT molecular complexity index is 1000. The molecule has 1 aliphatic rings. The average molecular weight is 397 g/mol. The summed E-state index contributed by atoms with van der Waals surface area (Å²) in [6, 6.07) is 11.0. The topological polar surface area (TPSA) is 64.6 Å². The minimum atomic E-state index is -0.202. The molecule has 5 nitrogen and oxygen atoms in total. The van der Waals surface area contributed by atoms with Gasteiger partial charge < -0.3 is 14.8 Å². The largest absolute Gasteiger partial charge is 0.454 e. The number of rotatable bonds is 6. The number of ether oxygens (including phenoxy) is 2. The van der Waals surface area contributed by atoms with E-state index in [-0.39, 0.29) is 18.5 Å². The van der Waals surface area contributed by atoms with Crippen LogP contribution < -0.4 is 14.8 Å². The standard InChI is InChI=1S/C20H15NO4S2/c22-19(6-2-13-1-4-16-17(9-13)25-12-24-16)21-10-15-3-5-18(27-15)20(23)14-7-8-26-11-14/h1-9,11H,10,12H2,(H,21,22)/b6-2+. The molecule has 1 aliphatic heterocycles. The molecule has 1 aromatic carbocycles. The number of hydrogen-bond donors (Lipinski definition) is 1. The van der Waals surface area contributed by atoms with E-state index in [0.717, 1.165) is 10.4 Å². The molecule has 0 radical (unpaired) electrons. The average Bonchev–Trinajstić information content (AvgIpc) is 3.45. The quantitative estimate of drug-likeness (QED) is 0.502. The van der Waals surface area contributed by atoms with Crippen molar-refractivity contribution in [2.45, 2.75) is 6.54 Å². The molecule has 0 saturated heterocycles. The Balaban J connectivity index is 1.32. The van der Waals surface area contributed by atoms with Crippen LogP contribution in [0.2, 0.25) is 0 Å². The lowest BCUT2D eigenvalue weighted by atomic mass is 10.2. The third-order valence-corrected chi connectivity index (χ3v) is 5.70. The van der Waals surface area contributed by atoms with Crippen molar-refractivity contribution in [3.63, 3.8) is 0 Å². The number of thiophene rings is 2. The number of fused-ring (bicyclic) bond motifs is 1. The van der Waals surface area contributed by atoms with Crippen LogP contribution in [0.15, 0.2) is 53.2 Å². The first-order valence-corrected chi connectivity index (χ1v) is 9.96. The Morgan fingerprint density at radius 2 is 2.00 bits per heavy atom. The van der Waals surface area contributed by atoms with Crippen LogP contribution in [0.5, 0.6) is 11.5 Å². The molecule has 27 heavy (non-hydrogen) atoms. The van der Waals surface area contributed by atoms with Crippen molar-refractivity contribution in [1.82, 2.24) is 5.32 Å². The van der Waals surface area contributed by atoms with E-state index in [0.29, 0.717) is 28.5 Å². The van der Waals surface area contributed by atoms with Gasteiger partial charge in [-0.2, -0.15) is 11.3 Å². The van der Waals surface area contributed by atoms with Crippen molar-refractivity contribution in [2.75, 3.05) is 6.79 Å². The molecule has 0 fully saturated rings. The third-order valence-electron chi connectivity index (χ3n) is 3.93. The lowest BCUT2D eigenvalue weighted by molar-refractivity contribution is -0.116. The predicted octanol–water partition coefficient (Wildman–Crippen LogP) is 4.10. The molecule has 0 bridgehead atoms. The van der Waals surface area contributed by atoms with Crippen LogP contribution in [0.1, 0.15) is 25.7 Å². The summed E-state index contributed by atoms with van der Waals surface area (Å²) < 4.78 is 10.6. The molecule has 0 spiro atoms. The van der Waals surface area contributed by atoms with Crippen molar-refractivity contribution in [1.29, 1.82) is 0 Å². The Morgan fingerprint density at radius 3 is 2.85 bits per heavy atom. The first-order valence-electron chi connectivity index (χ1n) is 8.20. The van der Waals surface area contributed by atoms with Crippen LogP contribution in [0.3, 0.4) is 0 Å². The Kier molecular flexibility index (Phi) is 5.04. The highest BCUT2D eigenvalue weighted by Crippen LogP contribution is 2.32. The molecule has 2 aromatic heterocycles. The molecule has 3 heterocycles. The van der Waals surface area contributed by atoms with Gasteiger partial charge in [0.2, 0.25) is 18.5 Å². The van der Waals surface area contributed by atoms with E-state index in [4.69, 9.17) is 9.47 Å². The summed E-state index contributed by atoms with van der Waals surface area (Å²) in [5.41, 5.74) is 1.55. The van der Waals surface area contributed by atoms with Gasteiger partial charge in [0, 0.05) is 21.9 Å². The van der Waals surface area contributed by atoms with Gasteiger partial charge >= 0.3 is 0 Å². The number of amides is 1. The second-order valence-electron chi connectivity index (χ2n) is 5.77. The van der Waals surface area contributed by atoms with Gasteiger partial charge in [-0.05, 0) is 47.4 Å². The SMILES string of the molecule is O=C(/C=C/c1ccc2c(c1)OCO2)NCc1ccc(C(=O)c2ccsc2)s1. The normalized spacial score (nSPS) is 12.4. The summed E-state index contributed by atoms with van der Waals surface area (Å²) in [5.74, 6) is 1.20. The van der Waals surface area contributed by atoms with E-state index in [2.05, 4.69) is 5.32 Å². The van der Waals surface area contributed by atoms with Gasteiger partial charge in [0.1, 0.15) is 0 Å². The van der Waals surface area contributed by atoms with Crippen molar-refractivity contribution >= 4 is 40.4 Å². The van der Waals surface area contributed by atoms with Crippen LogP contribution in [0.4, 0.5) is 0 Å². The second-order valence-corrected chi connectivity index (χ2v) is 7.72. The van der Waals surface area contributed by atoms with E-state index in [1.165, 1.54) is 28.7 Å². The van der Waals surface area contributed by atoms with Crippen molar-refractivity contribution in [2.24, 2.45) is 0 Å². The van der Waals surface area contributed by atoms with Crippen molar-refractivity contribution in [3.8, 4) is 11.5 Å². The summed E-state index contributed by atoms with van der Waals surface area (Å²) in [4.78, 5) is 25.9. The lowest BCUT2D eigenvalue weighted by Gasteiger charge is -2.00. The van der Waals surface area contributed by atoms with Gasteiger partial charge in [-0.3, -0.25) is 9.59 Å². The molecule has 1 N–H and O–H groups in total. The highest BCUT2D eigenvalue weighted by molar-refractivity contribution is 7.14. The zero-order valence-electron chi connectivity index (χ0n) is 14.1. The molecule has 0 aliphatic carbocycles. The maximum absolute atomic E-state index is 12.3. The summed E-state index contributed by atoms with van der Waals surface area (Å²) in [5, 5.41) is 6.55. The molecule has 7 heteroatoms. The van der Waals surface area contributed by atoms with Gasteiger partial charge in [-0.15, -0.1) is 11.3 Å². The third kappa shape index (κ3) is 4.10. The number of hydrogen-bond acceptors (Lipinski definition) is 6. The van der Waals surface area contributed by atoms with Crippen LogP contribution >= 0.6 is 22.7 Å².